The first-order valence-electron chi connectivity index (χ1n) is 7.25. The lowest BCUT2D eigenvalue weighted by Crippen LogP contribution is -2.27. The number of carboxylic acids is 1. The molecule has 0 radical (unpaired) electrons. The molecule has 1 aromatic carbocycles. The Labute approximate surface area is 124 Å². The molecule has 1 aliphatic rings. The Bertz CT molecular complexity index is 473. The predicted octanol–water partition coefficient (Wildman–Crippen LogP) is 4.52. The van der Waals surface area contributed by atoms with Crippen LogP contribution in [0.5, 0.6) is 0 Å². The van der Waals surface area contributed by atoms with Crippen molar-refractivity contribution in [2.75, 3.05) is 0 Å². The Balaban J connectivity index is 1.98. The number of hydrogen-bond acceptors (Lipinski definition) is 2. The van der Waals surface area contributed by atoms with Crippen LogP contribution in [0.15, 0.2) is 18.2 Å². The Kier molecular flexibility index (Phi) is 5.44. The van der Waals surface area contributed by atoms with E-state index in [-0.39, 0.29) is 5.56 Å². The molecular formula is C16H21ClO3. The van der Waals surface area contributed by atoms with Crippen LogP contribution in [0.1, 0.15) is 54.9 Å². The molecule has 0 aromatic heterocycles. The molecule has 1 N–H and O–H groups in total. The minimum atomic E-state index is -0.960. The van der Waals surface area contributed by atoms with Crippen LogP contribution in [0, 0.1) is 5.92 Å². The maximum absolute atomic E-state index is 10.9. The largest absolute Gasteiger partial charge is 0.478 e. The molecule has 0 aliphatic heterocycles. The average Bonchev–Trinajstić information content (AvgIpc) is 2.46. The molecule has 4 heteroatoms. The van der Waals surface area contributed by atoms with Crippen molar-refractivity contribution in [3.63, 3.8) is 0 Å². The van der Waals surface area contributed by atoms with Crippen LogP contribution < -0.4 is 0 Å². The highest BCUT2D eigenvalue weighted by molar-refractivity contribution is 6.31. The fourth-order valence-corrected chi connectivity index (χ4v) is 3.09. The number of rotatable bonds is 5. The van der Waals surface area contributed by atoms with Crippen molar-refractivity contribution in [3.8, 4) is 0 Å². The Morgan fingerprint density at radius 2 is 2.15 bits per heavy atom. The minimum Gasteiger partial charge on any atom is -0.478 e. The second-order valence-electron chi connectivity index (χ2n) is 5.41. The van der Waals surface area contributed by atoms with Crippen molar-refractivity contribution in [1.82, 2.24) is 0 Å². The summed E-state index contributed by atoms with van der Waals surface area (Å²) in [4.78, 5) is 10.9. The van der Waals surface area contributed by atoms with Gasteiger partial charge in [-0.3, -0.25) is 0 Å². The van der Waals surface area contributed by atoms with Gasteiger partial charge in [-0.1, -0.05) is 43.9 Å². The molecule has 1 aromatic rings. The van der Waals surface area contributed by atoms with E-state index in [1.165, 1.54) is 25.3 Å². The molecule has 0 heterocycles. The number of aromatic carboxylic acids is 1. The molecule has 2 unspecified atom stereocenters. The maximum Gasteiger partial charge on any atom is 0.335 e. The van der Waals surface area contributed by atoms with E-state index in [1.54, 1.807) is 12.1 Å². The van der Waals surface area contributed by atoms with Crippen LogP contribution >= 0.6 is 11.6 Å². The highest BCUT2D eigenvalue weighted by atomic mass is 35.5. The number of carbonyl (C=O) groups is 1. The molecule has 0 bridgehead atoms. The van der Waals surface area contributed by atoms with Crippen LogP contribution in [-0.2, 0) is 11.3 Å². The molecule has 1 aliphatic carbocycles. The van der Waals surface area contributed by atoms with Crippen LogP contribution in [-0.4, -0.2) is 17.2 Å². The summed E-state index contributed by atoms with van der Waals surface area (Å²) >= 11 is 6.12. The zero-order valence-corrected chi connectivity index (χ0v) is 12.5. The van der Waals surface area contributed by atoms with Gasteiger partial charge in [-0.05, 0) is 36.5 Å². The molecule has 3 nitrogen and oxygen atoms in total. The zero-order valence-electron chi connectivity index (χ0n) is 11.8. The fraction of sp³-hybridized carbons (Fsp3) is 0.562. The van der Waals surface area contributed by atoms with Crippen LogP contribution in [0.4, 0.5) is 0 Å². The van der Waals surface area contributed by atoms with Gasteiger partial charge in [0.1, 0.15) is 0 Å². The molecule has 1 fully saturated rings. The lowest BCUT2D eigenvalue weighted by molar-refractivity contribution is -0.0221. The summed E-state index contributed by atoms with van der Waals surface area (Å²) in [6, 6.07) is 4.81. The van der Waals surface area contributed by atoms with Gasteiger partial charge >= 0.3 is 5.97 Å². The van der Waals surface area contributed by atoms with Crippen molar-refractivity contribution >= 4 is 17.6 Å². The first kappa shape index (κ1) is 15.3. The second-order valence-corrected chi connectivity index (χ2v) is 5.82. The Morgan fingerprint density at radius 1 is 1.40 bits per heavy atom. The van der Waals surface area contributed by atoms with Crippen LogP contribution in [0.2, 0.25) is 5.02 Å². The Morgan fingerprint density at radius 3 is 2.80 bits per heavy atom. The van der Waals surface area contributed by atoms with Gasteiger partial charge in [-0.25, -0.2) is 4.79 Å². The third-order valence-corrected chi connectivity index (χ3v) is 4.47. The topological polar surface area (TPSA) is 46.5 Å². The van der Waals surface area contributed by atoms with Crippen LogP contribution in [0.25, 0.3) is 0 Å². The summed E-state index contributed by atoms with van der Waals surface area (Å²) in [7, 11) is 0. The first-order valence-corrected chi connectivity index (χ1v) is 7.63. The van der Waals surface area contributed by atoms with Crippen molar-refractivity contribution in [2.45, 2.75) is 51.7 Å². The van der Waals surface area contributed by atoms with Crippen molar-refractivity contribution in [3.05, 3.63) is 34.3 Å². The van der Waals surface area contributed by atoms with Gasteiger partial charge in [0.25, 0.3) is 0 Å². The van der Waals surface area contributed by atoms with Gasteiger partial charge in [0.15, 0.2) is 0 Å². The molecule has 20 heavy (non-hydrogen) atoms. The maximum atomic E-state index is 10.9. The number of ether oxygens (including phenoxy) is 1. The average molecular weight is 297 g/mol. The number of benzene rings is 1. The summed E-state index contributed by atoms with van der Waals surface area (Å²) in [6.07, 6.45) is 6.34. The van der Waals surface area contributed by atoms with Gasteiger partial charge in [-0.15, -0.1) is 0 Å². The third kappa shape index (κ3) is 3.74. The lowest BCUT2D eigenvalue weighted by Gasteiger charge is -2.30. The van der Waals surface area contributed by atoms with Gasteiger partial charge in [0.2, 0.25) is 0 Å². The Hall–Kier alpha value is -1.06. The highest BCUT2D eigenvalue weighted by Crippen LogP contribution is 2.30. The summed E-state index contributed by atoms with van der Waals surface area (Å²) < 4.78 is 6.02. The van der Waals surface area contributed by atoms with E-state index in [4.69, 9.17) is 21.4 Å². The standard InChI is InChI=1S/C16H21ClO3/c1-2-11-5-3-4-6-15(11)20-10-13-8-7-12(16(18)19)9-14(13)17/h7-9,11,15H,2-6,10H2,1H3,(H,18,19). The lowest BCUT2D eigenvalue weighted by atomic mass is 9.85. The van der Waals surface area contributed by atoms with E-state index in [1.807, 2.05) is 0 Å². The number of halogens is 1. The quantitative estimate of drug-likeness (QED) is 0.868. The van der Waals surface area contributed by atoms with Gasteiger partial charge < -0.3 is 9.84 Å². The summed E-state index contributed by atoms with van der Waals surface area (Å²) in [5, 5.41) is 9.38. The van der Waals surface area contributed by atoms with Crippen molar-refractivity contribution in [2.24, 2.45) is 5.92 Å². The van der Waals surface area contributed by atoms with E-state index in [9.17, 15) is 4.79 Å². The summed E-state index contributed by atoms with van der Waals surface area (Å²) in [5.41, 5.74) is 1.07. The van der Waals surface area contributed by atoms with Gasteiger partial charge in [0, 0.05) is 5.02 Å². The van der Waals surface area contributed by atoms with Crippen molar-refractivity contribution < 1.29 is 14.6 Å². The molecule has 0 amide bonds. The van der Waals surface area contributed by atoms with Crippen LogP contribution in [0.3, 0.4) is 0 Å². The normalized spacial score (nSPS) is 22.7. The smallest absolute Gasteiger partial charge is 0.335 e. The number of hydrogen-bond donors (Lipinski definition) is 1. The molecule has 2 rings (SSSR count). The van der Waals surface area contributed by atoms with E-state index in [0.717, 1.165) is 18.4 Å². The molecule has 0 saturated heterocycles. The monoisotopic (exact) mass is 296 g/mol. The molecule has 110 valence electrons. The summed E-state index contributed by atoms with van der Waals surface area (Å²) in [5.74, 6) is -0.321. The molecule has 2 atom stereocenters. The fourth-order valence-electron chi connectivity index (χ4n) is 2.85. The second kappa shape index (κ2) is 7.09. The zero-order chi connectivity index (χ0) is 14.5. The van der Waals surface area contributed by atoms with Crippen molar-refractivity contribution in [1.29, 1.82) is 0 Å². The SMILES string of the molecule is CCC1CCCCC1OCc1ccc(C(=O)O)cc1Cl. The highest BCUT2D eigenvalue weighted by Gasteiger charge is 2.24. The summed E-state index contributed by atoms with van der Waals surface area (Å²) in [6.45, 7) is 2.67. The molecule has 0 spiro atoms. The molecule has 1 saturated carbocycles. The minimum absolute atomic E-state index is 0.211. The van der Waals surface area contributed by atoms with E-state index in [2.05, 4.69) is 6.92 Å². The first-order chi connectivity index (χ1) is 9.61. The van der Waals surface area contributed by atoms with E-state index in [0.29, 0.717) is 23.7 Å². The molecular weight excluding hydrogens is 276 g/mol. The third-order valence-electron chi connectivity index (χ3n) is 4.12. The number of carboxylic acid groups (broad SMARTS) is 1. The van der Waals surface area contributed by atoms with E-state index < -0.39 is 5.97 Å². The van der Waals surface area contributed by atoms with Gasteiger partial charge in [0.05, 0.1) is 18.3 Å². The van der Waals surface area contributed by atoms with E-state index >= 15 is 0 Å². The predicted molar refractivity (Wildman–Crippen MR) is 79.2 cm³/mol. The van der Waals surface area contributed by atoms with Gasteiger partial charge in [-0.2, -0.15) is 0 Å².